The number of rotatable bonds is 3. The number of hydrogen-bond acceptors (Lipinski definition) is 5. The molecule has 1 aliphatic heterocycles. The average Bonchev–Trinajstić information content (AvgIpc) is 2.33. The zero-order valence-electron chi connectivity index (χ0n) is 8.81. The van der Waals surface area contributed by atoms with Crippen LogP contribution in [0.2, 0.25) is 0 Å². The van der Waals surface area contributed by atoms with Crippen LogP contribution in [0.15, 0.2) is 12.4 Å². The van der Waals surface area contributed by atoms with Gasteiger partial charge in [-0.05, 0) is 6.92 Å². The Bertz CT molecular complexity index is 287. The van der Waals surface area contributed by atoms with Gasteiger partial charge in [0.1, 0.15) is 18.4 Å². The highest BCUT2D eigenvalue weighted by atomic mass is 16.5. The summed E-state index contributed by atoms with van der Waals surface area (Å²) in [6.07, 6.45) is 4.36. The van der Waals surface area contributed by atoms with Crippen LogP contribution in [0.4, 0.5) is 5.82 Å². The standard InChI is InChI=1S/C10H15N4O/c1-2-14(9-3-4-12-8-13-9)10-7-11-5-6-15-10/h3,8,10-11H,2,5-7H2,1H3. The number of nitrogens with one attached hydrogen (secondary N) is 1. The molecule has 5 nitrogen and oxygen atoms in total. The maximum absolute atomic E-state index is 5.67. The normalized spacial score (nSPS) is 21.3. The predicted octanol–water partition coefficient (Wildman–Crippen LogP) is 0.0490. The van der Waals surface area contributed by atoms with E-state index < -0.39 is 0 Å². The number of hydrogen-bond donors (Lipinski definition) is 1. The molecular weight excluding hydrogens is 192 g/mol. The van der Waals surface area contributed by atoms with Crippen LogP contribution in [0, 0.1) is 6.20 Å². The van der Waals surface area contributed by atoms with E-state index in [4.69, 9.17) is 4.74 Å². The van der Waals surface area contributed by atoms with Crippen LogP contribution in [-0.2, 0) is 4.74 Å². The van der Waals surface area contributed by atoms with Gasteiger partial charge in [-0.3, -0.25) is 0 Å². The number of anilines is 1. The van der Waals surface area contributed by atoms with Gasteiger partial charge in [0.15, 0.2) is 0 Å². The first kappa shape index (κ1) is 10.3. The molecule has 1 atom stereocenters. The Labute approximate surface area is 89.5 Å². The van der Waals surface area contributed by atoms with Crippen LogP contribution in [0.5, 0.6) is 0 Å². The maximum atomic E-state index is 5.67. The highest BCUT2D eigenvalue weighted by Gasteiger charge is 2.21. The highest BCUT2D eigenvalue weighted by molar-refractivity contribution is 5.36. The molecule has 0 saturated carbocycles. The van der Waals surface area contributed by atoms with Gasteiger partial charge in [0.05, 0.1) is 12.8 Å². The van der Waals surface area contributed by atoms with Gasteiger partial charge in [0, 0.05) is 25.7 Å². The number of likely N-dealkylation sites (N-methyl/N-ethyl adjacent to an activating group) is 1. The Kier molecular flexibility index (Phi) is 3.47. The number of ether oxygens (including phenoxy) is 1. The number of aromatic nitrogens is 2. The minimum atomic E-state index is 0.0621. The lowest BCUT2D eigenvalue weighted by atomic mass is 10.3. The van der Waals surface area contributed by atoms with Crippen molar-refractivity contribution in [2.75, 3.05) is 31.1 Å². The molecule has 2 heterocycles. The lowest BCUT2D eigenvalue weighted by Crippen LogP contribution is -2.49. The van der Waals surface area contributed by atoms with Crippen LogP contribution in [0.1, 0.15) is 6.92 Å². The van der Waals surface area contributed by atoms with E-state index in [9.17, 15) is 0 Å². The van der Waals surface area contributed by atoms with E-state index in [2.05, 4.69) is 33.3 Å². The molecule has 81 valence electrons. The quantitative estimate of drug-likeness (QED) is 0.759. The molecule has 1 fully saturated rings. The summed E-state index contributed by atoms with van der Waals surface area (Å²) in [5, 5.41) is 3.30. The van der Waals surface area contributed by atoms with Crippen molar-refractivity contribution in [3.8, 4) is 0 Å². The van der Waals surface area contributed by atoms with Crippen LogP contribution in [0.3, 0.4) is 0 Å². The van der Waals surface area contributed by atoms with Crippen molar-refractivity contribution in [1.29, 1.82) is 0 Å². The molecule has 0 aromatic carbocycles. The van der Waals surface area contributed by atoms with Gasteiger partial charge >= 0.3 is 0 Å². The van der Waals surface area contributed by atoms with Crippen molar-refractivity contribution in [2.24, 2.45) is 0 Å². The molecule has 1 aromatic rings. The summed E-state index contributed by atoms with van der Waals surface area (Å²) in [4.78, 5) is 10.1. The molecular formula is C10H15N4O. The Morgan fingerprint density at radius 2 is 2.67 bits per heavy atom. The van der Waals surface area contributed by atoms with E-state index in [1.807, 2.05) is 0 Å². The van der Waals surface area contributed by atoms with Crippen LogP contribution in [-0.4, -0.2) is 42.4 Å². The van der Waals surface area contributed by atoms with Crippen LogP contribution in [0.25, 0.3) is 0 Å². The molecule has 1 aromatic heterocycles. The van der Waals surface area contributed by atoms with Crippen molar-refractivity contribution in [1.82, 2.24) is 15.3 Å². The molecule has 5 heteroatoms. The van der Waals surface area contributed by atoms with Crippen molar-refractivity contribution in [3.63, 3.8) is 0 Å². The number of nitrogens with zero attached hydrogens (tertiary/aromatic N) is 3. The summed E-state index contributed by atoms with van der Waals surface area (Å²) in [5.74, 6) is 0.862. The Hall–Kier alpha value is -1.20. The predicted molar refractivity (Wildman–Crippen MR) is 56.5 cm³/mol. The fourth-order valence-electron chi connectivity index (χ4n) is 1.68. The second kappa shape index (κ2) is 5.04. The molecule has 15 heavy (non-hydrogen) atoms. The second-order valence-electron chi connectivity index (χ2n) is 3.32. The molecule has 0 amide bonds. The summed E-state index contributed by atoms with van der Waals surface area (Å²) in [5.41, 5.74) is 0. The lowest BCUT2D eigenvalue weighted by molar-refractivity contribution is 0.0268. The first-order valence-electron chi connectivity index (χ1n) is 5.19. The Morgan fingerprint density at radius 1 is 1.73 bits per heavy atom. The number of morpholine rings is 1. The average molecular weight is 207 g/mol. The zero-order chi connectivity index (χ0) is 10.5. The smallest absolute Gasteiger partial charge is 0.143 e. The van der Waals surface area contributed by atoms with E-state index >= 15 is 0 Å². The molecule has 1 unspecified atom stereocenters. The van der Waals surface area contributed by atoms with E-state index in [-0.39, 0.29) is 6.23 Å². The molecule has 0 bridgehead atoms. The molecule has 1 aliphatic rings. The SMILES string of the molecule is CCN(c1c[c]ncn1)C1CNCCO1. The largest absolute Gasteiger partial charge is 0.356 e. The third kappa shape index (κ3) is 2.43. The molecule has 1 saturated heterocycles. The van der Waals surface area contributed by atoms with Gasteiger partial charge in [0.25, 0.3) is 0 Å². The summed E-state index contributed by atoms with van der Waals surface area (Å²) in [7, 11) is 0. The van der Waals surface area contributed by atoms with E-state index in [0.717, 1.165) is 32.1 Å². The maximum Gasteiger partial charge on any atom is 0.143 e. The second-order valence-corrected chi connectivity index (χ2v) is 3.32. The van der Waals surface area contributed by atoms with Gasteiger partial charge in [-0.1, -0.05) is 0 Å². The first-order chi connectivity index (χ1) is 7.42. The molecule has 2 rings (SSSR count). The monoisotopic (exact) mass is 207 g/mol. The first-order valence-corrected chi connectivity index (χ1v) is 5.19. The van der Waals surface area contributed by atoms with Crippen molar-refractivity contribution in [2.45, 2.75) is 13.2 Å². The molecule has 0 aliphatic carbocycles. The minimum absolute atomic E-state index is 0.0621. The lowest BCUT2D eigenvalue weighted by Gasteiger charge is -2.34. The topological polar surface area (TPSA) is 50.3 Å². The van der Waals surface area contributed by atoms with Gasteiger partial charge in [-0.2, -0.15) is 0 Å². The van der Waals surface area contributed by atoms with Gasteiger partial charge < -0.3 is 15.0 Å². The summed E-state index contributed by atoms with van der Waals surface area (Å²) in [6.45, 7) is 5.44. The minimum Gasteiger partial charge on any atom is -0.356 e. The van der Waals surface area contributed by atoms with E-state index in [0.29, 0.717) is 0 Å². The third-order valence-corrected chi connectivity index (χ3v) is 2.41. The highest BCUT2D eigenvalue weighted by Crippen LogP contribution is 2.13. The fraction of sp³-hybridized carbons (Fsp3) is 0.600. The van der Waals surface area contributed by atoms with E-state index in [1.165, 1.54) is 6.33 Å². The van der Waals surface area contributed by atoms with Crippen LogP contribution >= 0.6 is 0 Å². The van der Waals surface area contributed by atoms with Crippen molar-refractivity contribution >= 4 is 5.82 Å². The van der Waals surface area contributed by atoms with Gasteiger partial charge in [0.2, 0.25) is 0 Å². The van der Waals surface area contributed by atoms with E-state index in [1.54, 1.807) is 6.07 Å². The Balaban J connectivity index is 2.09. The van der Waals surface area contributed by atoms with Gasteiger partial charge in [-0.15, -0.1) is 0 Å². The summed E-state index contributed by atoms with van der Waals surface area (Å²) in [6, 6.07) is 1.78. The van der Waals surface area contributed by atoms with Crippen molar-refractivity contribution < 1.29 is 4.74 Å². The molecule has 0 spiro atoms. The van der Waals surface area contributed by atoms with Crippen molar-refractivity contribution in [3.05, 3.63) is 18.6 Å². The zero-order valence-corrected chi connectivity index (χ0v) is 8.81. The molecule has 1 N–H and O–H groups in total. The van der Waals surface area contributed by atoms with Crippen LogP contribution < -0.4 is 10.2 Å². The summed E-state index contributed by atoms with van der Waals surface area (Å²) >= 11 is 0. The summed E-state index contributed by atoms with van der Waals surface area (Å²) < 4.78 is 5.67. The van der Waals surface area contributed by atoms with Gasteiger partial charge in [-0.25, -0.2) is 9.97 Å². The molecule has 1 radical (unpaired) electrons. The Morgan fingerprint density at radius 3 is 3.27 bits per heavy atom. The fourth-order valence-corrected chi connectivity index (χ4v) is 1.68. The third-order valence-electron chi connectivity index (χ3n) is 2.41.